The number of hydrogen-bond donors (Lipinski definition) is 1. The largest absolute Gasteiger partial charge is 0.344 e. The van der Waals surface area contributed by atoms with Crippen LogP contribution in [0.2, 0.25) is 0 Å². The molecule has 0 unspecified atom stereocenters. The van der Waals surface area contributed by atoms with Crippen molar-refractivity contribution in [1.82, 2.24) is 6.15 Å². The van der Waals surface area contributed by atoms with Gasteiger partial charge >= 0.3 is 0 Å². The first-order valence-electron chi connectivity index (χ1n) is 3.00. The molecule has 0 radical (unpaired) electrons. The highest BCUT2D eigenvalue weighted by atomic mass is 79.9. The van der Waals surface area contributed by atoms with E-state index in [0.717, 1.165) is 5.33 Å². The lowest BCUT2D eigenvalue weighted by molar-refractivity contribution is 0.886. The van der Waals surface area contributed by atoms with E-state index in [9.17, 15) is 0 Å². The average Bonchev–Trinajstić information content (AvgIpc) is 1.88. The van der Waals surface area contributed by atoms with Gasteiger partial charge in [-0.15, -0.1) is 6.58 Å². The second-order valence-corrected chi connectivity index (χ2v) is 2.09. The van der Waals surface area contributed by atoms with Gasteiger partial charge in [0.2, 0.25) is 0 Å². The van der Waals surface area contributed by atoms with Crippen molar-refractivity contribution < 1.29 is 0 Å². The van der Waals surface area contributed by atoms with Crippen molar-refractivity contribution >= 4 is 15.9 Å². The quantitative estimate of drug-likeness (QED) is 0.532. The molecule has 0 saturated heterocycles. The summed E-state index contributed by atoms with van der Waals surface area (Å²) in [5.41, 5.74) is 0. The van der Waals surface area contributed by atoms with Gasteiger partial charge in [0, 0.05) is 5.33 Å². The second-order valence-electron chi connectivity index (χ2n) is 1.44. The molecule has 0 rings (SSSR count). The molecule has 2 heteroatoms. The minimum Gasteiger partial charge on any atom is -0.344 e. The molecule has 58 valence electrons. The van der Waals surface area contributed by atoms with Crippen molar-refractivity contribution in [3.8, 4) is 0 Å². The van der Waals surface area contributed by atoms with E-state index in [4.69, 9.17) is 0 Å². The van der Waals surface area contributed by atoms with E-state index in [0.29, 0.717) is 0 Å². The van der Waals surface area contributed by atoms with Gasteiger partial charge in [0.1, 0.15) is 0 Å². The Bertz CT molecular complexity index is 35.9. The van der Waals surface area contributed by atoms with E-state index in [1.54, 1.807) is 6.08 Å². The van der Waals surface area contributed by atoms with E-state index in [-0.39, 0.29) is 6.15 Å². The molecule has 0 aromatic heterocycles. The number of allylic oxidation sites excluding steroid dienone is 1. The summed E-state index contributed by atoms with van der Waals surface area (Å²) in [6.07, 6.45) is 4.43. The molecule has 0 aliphatic heterocycles. The van der Waals surface area contributed by atoms with Crippen LogP contribution in [0.25, 0.3) is 0 Å². The summed E-state index contributed by atoms with van der Waals surface area (Å²) >= 11 is 3.13. The monoisotopic (exact) mass is 195 g/mol. The predicted molar refractivity (Wildman–Crippen MR) is 49.6 cm³/mol. The maximum atomic E-state index is 3.43. The zero-order chi connectivity index (χ0) is 6.83. The summed E-state index contributed by atoms with van der Waals surface area (Å²) in [6.45, 7) is 7.79. The van der Waals surface area contributed by atoms with Gasteiger partial charge in [-0.1, -0.05) is 48.7 Å². The van der Waals surface area contributed by atoms with Gasteiger partial charge in [-0.3, -0.25) is 0 Å². The highest BCUT2D eigenvalue weighted by molar-refractivity contribution is 9.09. The van der Waals surface area contributed by atoms with Crippen LogP contribution in [0.3, 0.4) is 0 Å². The summed E-state index contributed by atoms with van der Waals surface area (Å²) in [4.78, 5) is 0. The van der Waals surface area contributed by atoms with E-state index in [1.165, 1.54) is 12.8 Å². The maximum Gasteiger partial charge on any atom is 0.0209 e. The SMILES string of the molecule is C=CCBr.CCCC.N. The van der Waals surface area contributed by atoms with Crippen molar-refractivity contribution in [2.75, 3.05) is 5.33 Å². The van der Waals surface area contributed by atoms with Crippen LogP contribution in [0.15, 0.2) is 12.7 Å². The lowest BCUT2D eigenvalue weighted by Gasteiger charge is -1.68. The van der Waals surface area contributed by atoms with Gasteiger partial charge in [-0.2, -0.15) is 0 Å². The number of hydrogen-bond acceptors (Lipinski definition) is 1. The summed E-state index contributed by atoms with van der Waals surface area (Å²) < 4.78 is 0. The van der Waals surface area contributed by atoms with E-state index < -0.39 is 0 Å². The molecule has 0 amide bonds. The first kappa shape index (κ1) is 16.1. The van der Waals surface area contributed by atoms with Gasteiger partial charge in [0.25, 0.3) is 0 Å². The van der Waals surface area contributed by atoms with Crippen LogP contribution in [0.1, 0.15) is 26.7 Å². The fourth-order valence-electron chi connectivity index (χ4n) is 0. The molecule has 0 saturated carbocycles. The Kier molecular flexibility index (Phi) is 43.1. The third-order valence-electron chi connectivity index (χ3n) is 0.609. The first-order chi connectivity index (χ1) is 3.83. The van der Waals surface area contributed by atoms with E-state index in [2.05, 4.69) is 36.4 Å². The van der Waals surface area contributed by atoms with Crippen LogP contribution in [-0.4, -0.2) is 5.33 Å². The Labute approximate surface area is 67.2 Å². The van der Waals surface area contributed by atoms with Crippen LogP contribution in [-0.2, 0) is 0 Å². The summed E-state index contributed by atoms with van der Waals surface area (Å²) in [5, 5.41) is 0.896. The Morgan fingerprint density at radius 2 is 1.56 bits per heavy atom. The Hall–Kier alpha value is 0.180. The third-order valence-corrected chi connectivity index (χ3v) is 1.07. The summed E-state index contributed by atoms with van der Waals surface area (Å²) in [7, 11) is 0. The minimum absolute atomic E-state index is 0. The molecule has 0 heterocycles. The second kappa shape index (κ2) is 24.1. The van der Waals surface area contributed by atoms with Gasteiger partial charge in [-0.25, -0.2) is 0 Å². The smallest absolute Gasteiger partial charge is 0.0209 e. The van der Waals surface area contributed by atoms with Gasteiger partial charge in [-0.05, 0) is 0 Å². The Balaban J connectivity index is -0.0000000720. The summed E-state index contributed by atoms with van der Waals surface area (Å²) in [5.74, 6) is 0. The molecule has 0 bridgehead atoms. The Morgan fingerprint density at radius 1 is 1.33 bits per heavy atom. The highest BCUT2D eigenvalue weighted by Gasteiger charge is 1.56. The number of halogens is 1. The van der Waals surface area contributed by atoms with Gasteiger partial charge in [0.05, 0.1) is 0 Å². The molecule has 0 aromatic carbocycles. The molecule has 0 aromatic rings. The summed E-state index contributed by atoms with van der Waals surface area (Å²) in [6, 6.07) is 0. The van der Waals surface area contributed by atoms with Crippen molar-refractivity contribution in [2.24, 2.45) is 0 Å². The molecule has 0 aliphatic rings. The van der Waals surface area contributed by atoms with Crippen molar-refractivity contribution in [3.63, 3.8) is 0 Å². The highest BCUT2D eigenvalue weighted by Crippen LogP contribution is 1.76. The van der Waals surface area contributed by atoms with Crippen molar-refractivity contribution in [1.29, 1.82) is 0 Å². The molecule has 3 N–H and O–H groups in total. The van der Waals surface area contributed by atoms with Crippen LogP contribution in [0.4, 0.5) is 0 Å². The Morgan fingerprint density at radius 3 is 1.56 bits per heavy atom. The van der Waals surface area contributed by atoms with E-state index >= 15 is 0 Å². The normalized spacial score (nSPS) is 6.11. The zero-order valence-electron chi connectivity index (χ0n) is 6.49. The molecular formula is C7H18BrN. The molecule has 0 spiro atoms. The van der Waals surface area contributed by atoms with Crippen LogP contribution >= 0.6 is 15.9 Å². The molecular weight excluding hydrogens is 178 g/mol. The van der Waals surface area contributed by atoms with Crippen LogP contribution < -0.4 is 6.15 Å². The van der Waals surface area contributed by atoms with Crippen molar-refractivity contribution in [3.05, 3.63) is 12.7 Å². The van der Waals surface area contributed by atoms with Crippen molar-refractivity contribution in [2.45, 2.75) is 26.7 Å². The fraction of sp³-hybridized carbons (Fsp3) is 0.714. The first-order valence-corrected chi connectivity index (χ1v) is 4.12. The molecule has 0 aliphatic carbocycles. The molecule has 1 nitrogen and oxygen atoms in total. The van der Waals surface area contributed by atoms with Crippen LogP contribution in [0, 0.1) is 0 Å². The lowest BCUT2D eigenvalue weighted by atomic mass is 10.4. The average molecular weight is 196 g/mol. The third kappa shape index (κ3) is 65.7. The van der Waals surface area contributed by atoms with Gasteiger partial charge in [0.15, 0.2) is 0 Å². The van der Waals surface area contributed by atoms with Gasteiger partial charge < -0.3 is 6.15 Å². The molecule has 9 heavy (non-hydrogen) atoms. The number of alkyl halides is 1. The topological polar surface area (TPSA) is 35.0 Å². The molecule has 0 fully saturated rings. The lowest BCUT2D eigenvalue weighted by Crippen LogP contribution is -1.47. The molecule has 0 atom stereocenters. The number of unbranched alkanes of at least 4 members (excludes halogenated alkanes) is 1. The predicted octanol–water partition coefficient (Wildman–Crippen LogP) is 3.54. The van der Waals surface area contributed by atoms with E-state index in [1.807, 2.05) is 0 Å². The maximum absolute atomic E-state index is 3.43. The standard InChI is InChI=1S/C4H10.C3H5Br.H3N/c1-3-4-2;1-2-3-4;/h3-4H2,1-2H3;2H,1,3H2;1H3. The minimum atomic E-state index is 0. The van der Waals surface area contributed by atoms with Crippen LogP contribution in [0.5, 0.6) is 0 Å². The number of rotatable bonds is 2. The zero-order valence-corrected chi connectivity index (χ0v) is 8.08. The fourth-order valence-corrected chi connectivity index (χ4v) is 0.